The van der Waals surface area contributed by atoms with E-state index in [4.69, 9.17) is 9.47 Å². The first-order chi connectivity index (χ1) is 13.9. The van der Waals surface area contributed by atoms with Crippen molar-refractivity contribution in [2.45, 2.75) is 78.9 Å². The minimum Gasteiger partial charge on any atom is -0.430 e. The van der Waals surface area contributed by atoms with Crippen LogP contribution < -0.4 is 0 Å². The van der Waals surface area contributed by atoms with Crippen LogP contribution in [0.4, 0.5) is 0 Å². The summed E-state index contributed by atoms with van der Waals surface area (Å²) in [6, 6.07) is 0. The van der Waals surface area contributed by atoms with E-state index in [-0.39, 0.29) is 24.8 Å². The first-order valence-electron chi connectivity index (χ1n) is 11.2. The molecule has 0 saturated carbocycles. The monoisotopic (exact) mass is 430 g/mol. The number of rotatable bonds is 15. The van der Waals surface area contributed by atoms with Gasteiger partial charge >= 0.3 is 11.9 Å². The molecule has 0 aromatic carbocycles. The highest BCUT2D eigenvalue weighted by molar-refractivity contribution is 5.71. The van der Waals surface area contributed by atoms with Crippen LogP contribution in [0, 0.1) is 0 Å². The lowest BCUT2D eigenvalue weighted by atomic mass is 10.2. The summed E-state index contributed by atoms with van der Waals surface area (Å²) in [7, 11) is 7.61. The predicted octanol–water partition coefficient (Wildman–Crippen LogP) is 2.79. The van der Waals surface area contributed by atoms with Crippen LogP contribution in [0.1, 0.15) is 67.2 Å². The summed E-state index contributed by atoms with van der Waals surface area (Å²) in [5, 5.41) is 0. The molecule has 8 heteroatoms. The van der Waals surface area contributed by atoms with Crippen molar-refractivity contribution in [3.63, 3.8) is 0 Å². The van der Waals surface area contributed by atoms with Gasteiger partial charge in [0, 0.05) is 52.9 Å². The molecule has 0 amide bonds. The summed E-state index contributed by atoms with van der Waals surface area (Å²) >= 11 is 0. The van der Waals surface area contributed by atoms with E-state index in [9.17, 15) is 9.59 Å². The van der Waals surface area contributed by atoms with Crippen molar-refractivity contribution >= 4 is 11.9 Å². The minimum absolute atomic E-state index is 0.257. The van der Waals surface area contributed by atoms with Gasteiger partial charge in [0.15, 0.2) is 0 Å². The van der Waals surface area contributed by atoms with E-state index >= 15 is 0 Å². The lowest BCUT2D eigenvalue weighted by Crippen LogP contribution is -2.58. The molecule has 0 aliphatic rings. The molecule has 2 atom stereocenters. The number of hydrogen-bond acceptors (Lipinski definition) is 8. The van der Waals surface area contributed by atoms with Crippen molar-refractivity contribution in [3.05, 3.63) is 0 Å². The topological polar surface area (TPSA) is 65.6 Å². The maximum absolute atomic E-state index is 12.4. The van der Waals surface area contributed by atoms with Gasteiger partial charge in [0.25, 0.3) is 0 Å². The van der Waals surface area contributed by atoms with Gasteiger partial charge in [-0.2, -0.15) is 0 Å². The van der Waals surface area contributed by atoms with Crippen molar-refractivity contribution in [1.29, 1.82) is 0 Å². The number of hydrogen-bond donors (Lipinski definition) is 0. The molecule has 0 heterocycles. The third kappa shape index (κ3) is 7.80. The smallest absolute Gasteiger partial charge is 0.308 e. The Hall–Kier alpha value is -1.22. The molecule has 0 bridgehead atoms. The van der Waals surface area contributed by atoms with Crippen LogP contribution in [-0.4, -0.2) is 97.6 Å². The van der Waals surface area contributed by atoms with Crippen molar-refractivity contribution in [2.24, 2.45) is 0 Å². The summed E-state index contributed by atoms with van der Waals surface area (Å²) in [4.78, 5) is 32.9. The molecule has 0 aliphatic carbocycles. The number of ether oxygens (including phenoxy) is 2. The van der Waals surface area contributed by atoms with E-state index in [1.165, 1.54) is 0 Å². The van der Waals surface area contributed by atoms with Gasteiger partial charge in [-0.1, -0.05) is 27.7 Å². The zero-order valence-electron chi connectivity index (χ0n) is 21.1. The highest BCUT2D eigenvalue weighted by atomic mass is 16.6. The lowest BCUT2D eigenvalue weighted by Gasteiger charge is -2.43. The largest absolute Gasteiger partial charge is 0.430 e. The summed E-state index contributed by atoms with van der Waals surface area (Å²) in [5.41, 5.74) is 0. The lowest BCUT2D eigenvalue weighted by molar-refractivity contribution is -0.223. The van der Waals surface area contributed by atoms with Crippen LogP contribution in [0.2, 0.25) is 0 Å². The third-order valence-corrected chi connectivity index (χ3v) is 5.99. The number of carbonyl (C=O) groups excluding carboxylic acids is 2. The molecule has 8 nitrogen and oxygen atoms in total. The summed E-state index contributed by atoms with van der Waals surface area (Å²) in [6.07, 6.45) is 1.72. The summed E-state index contributed by atoms with van der Waals surface area (Å²) in [5.74, 6) is -2.08. The Labute approximate surface area is 184 Å². The zero-order valence-corrected chi connectivity index (χ0v) is 21.1. The van der Waals surface area contributed by atoms with Crippen molar-refractivity contribution in [2.75, 3.05) is 54.4 Å². The molecule has 30 heavy (non-hydrogen) atoms. The van der Waals surface area contributed by atoms with E-state index in [1.54, 1.807) is 0 Å². The maximum atomic E-state index is 12.4. The van der Waals surface area contributed by atoms with Gasteiger partial charge in [-0.3, -0.25) is 29.2 Å². The average molecular weight is 431 g/mol. The highest BCUT2D eigenvalue weighted by Gasteiger charge is 2.37. The summed E-state index contributed by atoms with van der Waals surface area (Å²) < 4.78 is 11.6. The molecular weight excluding hydrogens is 384 g/mol. The van der Waals surface area contributed by atoms with Crippen LogP contribution in [0.15, 0.2) is 0 Å². The minimum atomic E-state index is -0.781. The molecule has 178 valence electrons. The fourth-order valence-electron chi connectivity index (χ4n) is 3.57. The van der Waals surface area contributed by atoms with E-state index in [1.807, 2.05) is 79.5 Å². The Balaban J connectivity index is 4.66. The molecule has 2 unspecified atom stereocenters. The fraction of sp³-hybridized carbons (Fsp3) is 0.909. The SMILES string of the molecule is CCN(CC)C(C)(OC(=O)CCCCC(=O)OC(C)(N(C)C)N(CC)CC)N(C)C. The average Bonchev–Trinajstić information content (AvgIpc) is 2.66. The Kier molecular flexibility index (Phi) is 12.7. The van der Waals surface area contributed by atoms with Crippen molar-refractivity contribution < 1.29 is 19.1 Å². The van der Waals surface area contributed by atoms with Crippen LogP contribution in [0.3, 0.4) is 0 Å². The van der Waals surface area contributed by atoms with Gasteiger partial charge in [-0.15, -0.1) is 0 Å². The molecule has 0 rings (SSSR count). The highest BCUT2D eigenvalue weighted by Crippen LogP contribution is 2.22. The molecule has 0 fully saturated rings. The van der Waals surface area contributed by atoms with Crippen LogP contribution in [0.5, 0.6) is 0 Å². The van der Waals surface area contributed by atoms with Gasteiger partial charge in [0.1, 0.15) is 0 Å². The number of carbonyl (C=O) groups is 2. The normalized spacial score (nSPS) is 16.1. The van der Waals surface area contributed by atoms with E-state index in [2.05, 4.69) is 9.80 Å². The molecule has 0 N–H and O–H groups in total. The first-order valence-corrected chi connectivity index (χ1v) is 11.2. The van der Waals surface area contributed by atoms with Gasteiger partial charge < -0.3 is 9.47 Å². The molecule has 0 saturated heterocycles. The Morgan fingerprint density at radius 1 is 0.633 bits per heavy atom. The predicted molar refractivity (Wildman–Crippen MR) is 121 cm³/mol. The van der Waals surface area contributed by atoms with E-state index in [0.717, 1.165) is 26.2 Å². The maximum Gasteiger partial charge on any atom is 0.308 e. The van der Waals surface area contributed by atoms with Gasteiger partial charge in [-0.05, 0) is 41.0 Å². The second-order valence-electron chi connectivity index (χ2n) is 8.16. The number of unbranched alkanes of at least 4 members (excludes halogenated alkanes) is 1. The van der Waals surface area contributed by atoms with Crippen molar-refractivity contribution in [1.82, 2.24) is 19.6 Å². The molecule has 0 aromatic rings. The number of nitrogens with zero attached hydrogens (tertiary/aromatic N) is 4. The van der Waals surface area contributed by atoms with Crippen molar-refractivity contribution in [3.8, 4) is 0 Å². The van der Waals surface area contributed by atoms with E-state index in [0.29, 0.717) is 12.8 Å². The zero-order chi connectivity index (χ0) is 23.5. The molecular formula is C22H46N4O4. The molecule has 0 aromatic heterocycles. The Morgan fingerprint density at radius 3 is 1.10 bits per heavy atom. The fourth-order valence-corrected chi connectivity index (χ4v) is 3.57. The molecule has 0 aliphatic heterocycles. The van der Waals surface area contributed by atoms with Gasteiger partial charge in [0.05, 0.1) is 0 Å². The van der Waals surface area contributed by atoms with Crippen LogP contribution in [0.25, 0.3) is 0 Å². The summed E-state index contributed by atoms with van der Waals surface area (Å²) in [6.45, 7) is 15.1. The molecule has 0 spiro atoms. The first kappa shape index (κ1) is 28.8. The number of esters is 2. The standard InChI is InChI=1S/C22H46N4O4/c1-11-25(12-2)21(5,23(7)8)29-19(27)17-15-16-18-20(28)30-22(6,24(9)10)26(13-3)14-4/h11-18H2,1-10H3. The Morgan fingerprint density at radius 2 is 0.900 bits per heavy atom. The second-order valence-corrected chi connectivity index (χ2v) is 8.16. The van der Waals surface area contributed by atoms with E-state index < -0.39 is 11.7 Å². The third-order valence-electron chi connectivity index (χ3n) is 5.99. The van der Waals surface area contributed by atoms with Crippen LogP contribution >= 0.6 is 0 Å². The van der Waals surface area contributed by atoms with Gasteiger partial charge in [0.2, 0.25) is 11.7 Å². The van der Waals surface area contributed by atoms with Gasteiger partial charge in [-0.25, -0.2) is 0 Å². The van der Waals surface area contributed by atoms with Crippen LogP contribution in [-0.2, 0) is 19.1 Å². The quantitative estimate of drug-likeness (QED) is 0.223. The Bertz CT molecular complexity index is 475. The molecule has 0 radical (unpaired) electrons. The second kappa shape index (κ2) is 13.2.